The number of carboxylic acid groups (broad SMARTS) is 1. The summed E-state index contributed by atoms with van der Waals surface area (Å²) in [5, 5.41) is 13.0. The molecule has 0 saturated heterocycles. The third-order valence-electron chi connectivity index (χ3n) is 2.67. The lowest BCUT2D eigenvalue weighted by atomic mass is 10.3. The highest BCUT2D eigenvalue weighted by Gasteiger charge is 2.09. The zero-order valence-electron chi connectivity index (χ0n) is 11.6. The molecule has 2 rings (SSSR count). The first-order valence-corrected chi connectivity index (χ1v) is 7.30. The van der Waals surface area contributed by atoms with Crippen LogP contribution in [0.25, 0.3) is 0 Å². The molecule has 22 heavy (non-hydrogen) atoms. The van der Waals surface area contributed by atoms with Crippen molar-refractivity contribution in [2.24, 2.45) is 5.10 Å². The van der Waals surface area contributed by atoms with E-state index in [1.165, 1.54) is 0 Å². The average molecular weight is 363 g/mol. The Morgan fingerprint density at radius 2 is 1.73 bits per heavy atom. The van der Waals surface area contributed by atoms with Crippen LogP contribution in [0.4, 0.5) is 11.4 Å². The van der Waals surface area contributed by atoms with Gasteiger partial charge in [0, 0.05) is 10.2 Å². The van der Waals surface area contributed by atoms with E-state index in [2.05, 4.69) is 37.3 Å². The fourth-order valence-electron chi connectivity index (χ4n) is 1.57. The molecule has 0 aromatic heterocycles. The number of hydrazine groups is 1. The second-order valence-corrected chi connectivity index (χ2v) is 5.24. The second kappa shape index (κ2) is 8.16. The predicted octanol–water partition coefficient (Wildman–Crippen LogP) is 2.92. The number of anilines is 2. The van der Waals surface area contributed by atoms with Gasteiger partial charge in [-0.25, -0.2) is 10.2 Å². The molecule has 2 aromatic carbocycles. The number of hydrazone groups is 1. The lowest BCUT2D eigenvalue weighted by Gasteiger charge is -2.09. The molecule has 0 aliphatic heterocycles. The normalized spacial score (nSPS) is 11.0. The maximum Gasteiger partial charge on any atom is 0.353 e. The molecule has 7 heteroatoms. The standard InChI is InChI=1S/C15H15BrN4O2/c16-11-6-8-13(9-7-11)18-17-10-14(15(21)22)20-19-12-4-2-1-3-5-12/h1-9,17-19H,10H2,(H,21,22). The van der Waals surface area contributed by atoms with E-state index in [4.69, 9.17) is 5.11 Å². The van der Waals surface area contributed by atoms with Gasteiger partial charge in [-0.3, -0.25) is 5.43 Å². The third kappa shape index (κ3) is 5.19. The van der Waals surface area contributed by atoms with Gasteiger partial charge in [0.1, 0.15) is 0 Å². The Labute approximate surface area is 136 Å². The number of nitrogens with zero attached hydrogens (tertiary/aromatic N) is 1. The number of hydrogen-bond donors (Lipinski definition) is 4. The highest BCUT2D eigenvalue weighted by Crippen LogP contribution is 2.13. The van der Waals surface area contributed by atoms with Gasteiger partial charge in [0.15, 0.2) is 5.71 Å². The van der Waals surface area contributed by atoms with E-state index in [0.29, 0.717) is 0 Å². The minimum absolute atomic E-state index is 0.0338. The Bertz CT molecular complexity index is 644. The summed E-state index contributed by atoms with van der Waals surface area (Å²) in [5.41, 5.74) is 9.96. The molecule has 0 bridgehead atoms. The number of carbonyl (C=O) groups is 1. The first kappa shape index (κ1) is 16.0. The van der Waals surface area contributed by atoms with Gasteiger partial charge in [-0.2, -0.15) is 5.10 Å². The maximum absolute atomic E-state index is 11.2. The molecule has 114 valence electrons. The van der Waals surface area contributed by atoms with Gasteiger partial charge in [0.05, 0.1) is 12.2 Å². The van der Waals surface area contributed by atoms with Crippen molar-refractivity contribution >= 4 is 39.0 Å². The predicted molar refractivity (Wildman–Crippen MR) is 90.9 cm³/mol. The van der Waals surface area contributed by atoms with Gasteiger partial charge >= 0.3 is 5.97 Å². The smallest absolute Gasteiger partial charge is 0.353 e. The molecule has 0 unspecified atom stereocenters. The van der Waals surface area contributed by atoms with Crippen molar-refractivity contribution < 1.29 is 9.90 Å². The Hall–Kier alpha value is -2.38. The maximum atomic E-state index is 11.2. The Balaban J connectivity index is 1.89. The first-order chi connectivity index (χ1) is 10.6. The molecule has 0 saturated carbocycles. The van der Waals surface area contributed by atoms with Crippen molar-refractivity contribution in [2.75, 3.05) is 17.4 Å². The summed E-state index contributed by atoms with van der Waals surface area (Å²) in [6.45, 7) is 0.0607. The highest BCUT2D eigenvalue weighted by molar-refractivity contribution is 9.10. The highest BCUT2D eigenvalue weighted by atomic mass is 79.9. The molecule has 0 atom stereocenters. The molecule has 0 heterocycles. The van der Waals surface area contributed by atoms with E-state index >= 15 is 0 Å². The van der Waals surface area contributed by atoms with Crippen LogP contribution in [0.3, 0.4) is 0 Å². The number of rotatable bonds is 7. The zero-order chi connectivity index (χ0) is 15.8. The zero-order valence-corrected chi connectivity index (χ0v) is 13.2. The van der Waals surface area contributed by atoms with Crippen molar-refractivity contribution in [3.8, 4) is 0 Å². The van der Waals surface area contributed by atoms with Crippen LogP contribution in [0, 0.1) is 0 Å². The minimum atomic E-state index is -1.09. The fourth-order valence-corrected chi connectivity index (χ4v) is 1.84. The van der Waals surface area contributed by atoms with Crippen LogP contribution >= 0.6 is 15.9 Å². The van der Waals surface area contributed by atoms with E-state index in [-0.39, 0.29) is 12.3 Å². The first-order valence-electron chi connectivity index (χ1n) is 6.50. The molecule has 4 N–H and O–H groups in total. The summed E-state index contributed by atoms with van der Waals surface area (Å²) in [4.78, 5) is 11.2. The van der Waals surface area contributed by atoms with Crippen LogP contribution in [0.1, 0.15) is 0 Å². The Morgan fingerprint density at radius 1 is 1.05 bits per heavy atom. The topological polar surface area (TPSA) is 85.8 Å². The summed E-state index contributed by atoms with van der Waals surface area (Å²) in [6, 6.07) is 16.6. The molecule has 0 radical (unpaired) electrons. The van der Waals surface area contributed by atoms with E-state index < -0.39 is 5.97 Å². The molecule has 0 amide bonds. The number of hydrogen-bond acceptors (Lipinski definition) is 5. The van der Waals surface area contributed by atoms with Crippen LogP contribution in [0.15, 0.2) is 64.2 Å². The average Bonchev–Trinajstić information content (AvgIpc) is 2.53. The van der Waals surface area contributed by atoms with Crippen LogP contribution < -0.4 is 16.3 Å². The van der Waals surface area contributed by atoms with E-state index in [1.807, 2.05) is 42.5 Å². The number of halogens is 1. The molecule has 6 nitrogen and oxygen atoms in total. The minimum Gasteiger partial charge on any atom is -0.477 e. The van der Waals surface area contributed by atoms with Gasteiger partial charge in [-0.05, 0) is 36.4 Å². The van der Waals surface area contributed by atoms with Crippen molar-refractivity contribution in [1.82, 2.24) is 5.43 Å². The number of benzene rings is 2. The fraction of sp³-hybridized carbons (Fsp3) is 0.0667. The number of aliphatic carboxylic acids is 1. The summed E-state index contributed by atoms with van der Waals surface area (Å²) >= 11 is 3.35. The van der Waals surface area contributed by atoms with Crippen LogP contribution in [-0.2, 0) is 4.79 Å². The summed E-state index contributed by atoms with van der Waals surface area (Å²) in [7, 11) is 0. The van der Waals surface area contributed by atoms with E-state index in [9.17, 15) is 4.79 Å². The quantitative estimate of drug-likeness (QED) is 0.449. The lowest BCUT2D eigenvalue weighted by molar-refractivity contribution is -0.129. The molecular formula is C15H15BrN4O2. The summed E-state index contributed by atoms with van der Waals surface area (Å²) < 4.78 is 0.970. The molecular weight excluding hydrogens is 348 g/mol. The summed E-state index contributed by atoms with van der Waals surface area (Å²) in [5.74, 6) is -1.09. The van der Waals surface area contributed by atoms with Crippen molar-refractivity contribution in [3.05, 3.63) is 59.1 Å². The van der Waals surface area contributed by atoms with E-state index in [0.717, 1.165) is 15.8 Å². The lowest BCUT2D eigenvalue weighted by Crippen LogP contribution is -2.33. The summed E-state index contributed by atoms with van der Waals surface area (Å²) in [6.07, 6.45) is 0. The number of nitrogens with one attached hydrogen (secondary N) is 3. The van der Waals surface area contributed by atoms with E-state index in [1.54, 1.807) is 12.1 Å². The van der Waals surface area contributed by atoms with Crippen molar-refractivity contribution in [2.45, 2.75) is 0 Å². The molecule has 2 aromatic rings. The van der Waals surface area contributed by atoms with Crippen LogP contribution in [0.5, 0.6) is 0 Å². The van der Waals surface area contributed by atoms with Crippen molar-refractivity contribution in [1.29, 1.82) is 0 Å². The largest absolute Gasteiger partial charge is 0.477 e. The molecule has 0 aliphatic rings. The molecule has 0 spiro atoms. The van der Waals surface area contributed by atoms with Gasteiger partial charge < -0.3 is 10.5 Å². The number of para-hydroxylation sites is 1. The van der Waals surface area contributed by atoms with Crippen LogP contribution in [0.2, 0.25) is 0 Å². The second-order valence-electron chi connectivity index (χ2n) is 4.33. The van der Waals surface area contributed by atoms with Crippen LogP contribution in [-0.4, -0.2) is 23.3 Å². The van der Waals surface area contributed by atoms with Gasteiger partial charge in [-0.1, -0.05) is 34.1 Å². The molecule has 0 aliphatic carbocycles. The van der Waals surface area contributed by atoms with Crippen molar-refractivity contribution in [3.63, 3.8) is 0 Å². The van der Waals surface area contributed by atoms with Gasteiger partial charge in [-0.15, -0.1) is 0 Å². The Kier molecular flexibility index (Phi) is 5.93. The van der Waals surface area contributed by atoms with Gasteiger partial charge in [0.25, 0.3) is 0 Å². The molecule has 0 fully saturated rings. The SMILES string of the molecule is O=C(O)C(CNNc1ccc(Br)cc1)=NNc1ccccc1. The number of carboxylic acids is 1. The van der Waals surface area contributed by atoms with Gasteiger partial charge in [0.2, 0.25) is 0 Å². The monoisotopic (exact) mass is 362 g/mol. The Morgan fingerprint density at radius 3 is 2.36 bits per heavy atom. The third-order valence-corrected chi connectivity index (χ3v) is 3.20.